The number of hydrogen-bond donors (Lipinski definition) is 2. The summed E-state index contributed by atoms with van der Waals surface area (Å²) in [4.78, 5) is 23.5. The summed E-state index contributed by atoms with van der Waals surface area (Å²) in [7, 11) is 0. The third-order valence-electron chi connectivity index (χ3n) is 3.99. The molecule has 0 bridgehead atoms. The molecule has 1 aliphatic rings. The summed E-state index contributed by atoms with van der Waals surface area (Å²) in [6.45, 7) is 1.47. The predicted molar refractivity (Wildman–Crippen MR) is 76.8 cm³/mol. The molecule has 1 aromatic carbocycles. The van der Waals surface area contributed by atoms with Crippen molar-refractivity contribution in [3.63, 3.8) is 0 Å². The van der Waals surface area contributed by atoms with Crippen molar-refractivity contribution in [3.8, 4) is 0 Å². The Balaban J connectivity index is 2.30. The molecular weight excluding hydrogens is 278 g/mol. The first-order valence-corrected chi connectivity index (χ1v) is 7.13. The van der Waals surface area contributed by atoms with E-state index in [0.29, 0.717) is 5.02 Å². The summed E-state index contributed by atoms with van der Waals surface area (Å²) >= 11 is 6.02. The van der Waals surface area contributed by atoms with Crippen molar-refractivity contribution >= 4 is 23.5 Å². The van der Waals surface area contributed by atoms with Crippen molar-refractivity contribution in [2.45, 2.75) is 44.1 Å². The number of carboxylic acid groups (broad SMARTS) is 1. The molecule has 5 heteroatoms. The summed E-state index contributed by atoms with van der Waals surface area (Å²) in [6, 6.07) is 6.40. The molecule has 20 heavy (non-hydrogen) atoms. The third kappa shape index (κ3) is 2.80. The van der Waals surface area contributed by atoms with E-state index in [0.717, 1.165) is 31.2 Å². The Morgan fingerprint density at radius 1 is 1.35 bits per heavy atom. The second kappa shape index (κ2) is 5.83. The molecule has 4 nitrogen and oxygen atoms in total. The van der Waals surface area contributed by atoms with Crippen LogP contribution in [0.1, 0.15) is 38.2 Å². The predicted octanol–water partition coefficient (Wildman–Crippen LogP) is 2.74. The highest BCUT2D eigenvalue weighted by atomic mass is 35.5. The highest BCUT2D eigenvalue weighted by Gasteiger charge is 2.43. The van der Waals surface area contributed by atoms with Gasteiger partial charge in [-0.2, -0.15) is 0 Å². The van der Waals surface area contributed by atoms with Gasteiger partial charge in [0, 0.05) is 5.02 Å². The van der Waals surface area contributed by atoms with E-state index in [1.165, 1.54) is 6.92 Å². The zero-order valence-electron chi connectivity index (χ0n) is 11.4. The molecule has 2 N–H and O–H groups in total. The van der Waals surface area contributed by atoms with Crippen molar-refractivity contribution in [2.75, 3.05) is 0 Å². The van der Waals surface area contributed by atoms with Crippen LogP contribution in [0.2, 0.25) is 5.02 Å². The number of aliphatic carboxylic acids is 1. The number of carbonyl (C=O) groups is 2. The lowest BCUT2D eigenvalue weighted by atomic mass is 9.78. The molecule has 2 rings (SSSR count). The third-order valence-corrected chi connectivity index (χ3v) is 4.22. The maximum absolute atomic E-state index is 12.6. The smallest absolute Gasteiger partial charge is 0.325 e. The molecule has 1 atom stereocenters. The summed E-state index contributed by atoms with van der Waals surface area (Å²) in [6.07, 6.45) is 3.37. The summed E-state index contributed by atoms with van der Waals surface area (Å²) in [5.41, 5.74) is 0.229. The largest absolute Gasteiger partial charge is 0.480 e. The number of amides is 1. The quantitative estimate of drug-likeness (QED) is 0.897. The molecule has 1 aromatic rings. The van der Waals surface area contributed by atoms with Crippen molar-refractivity contribution < 1.29 is 14.7 Å². The highest BCUT2D eigenvalue weighted by molar-refractivity contribution is 6.30. The minimum Gasteiger partial charge on any atom is -0.480 e. The molecule has 0 aliphatic heterocycles. The first-order chi connectivity index (χ1) is 9.45. The van der Waals surface area contributed by atoms with Gasteiger partial charge < -0.3 is 10.4 Å². The fourth-order valence-electron chi connectivity index (χ4n) is 2.81. The van der Waals surface area contributed by atoms with E-state index in [-0.39, 0.29) is 5.91 Å². The number of hydrogen-bond acceptors (Lipinski definition) is 2. The van der Waals surface area contributed by atoms with Crippen LogP contribution in [0, 0.1) is 0 Å². The van der Waals surface area contributed by atoms with Crippen LogP contribution in [-0.2, 0) is 15.0 Å². The number of rotatable bonds is 4. The first kappa shape index (κ1) is 14.9. The van der Waals surface area contributed by atoms with Gasteiger partial charge in [0.1, 0.15) is 6.04 Å². The zero-order chi connectivity index (χ0) is 14.8. The van der Waals surface area contributed by atoms with Gasteiger partial charge in [0.15, 0.2) is 0 Å². The monoisotopic (exact) mass is 295 g/mol. The van der Waals surface area contributed by atoms with Gasteiger partial charge >= 0.3 is 5.97 Å². The topological polar surface area (TPSA) is 66.4 Å². The standard InChI is InChI=1S/C15H18ClNO3/c1-10(13(18)19)17-14(20)15(7-2-3-8-15)11-5-4-6-12(16)9-11/h4-6,9-10H,2-3,7-8H2,1H3,(H,17,20)(H,18,19)/t10-/m1/s1. The molecule has 0 radical (unpaired) electrons. The maximum atomic E-state index is 12.6. The van der Waals surface area contributed by atoms with E-state index in [1.807, 2.05) is 12.1 Å². The van der Waals surface area contributed by atoms with Crippen molar-refractivity contribution in [1.82, 2.24) is 5.32 Å². The number of benzene rings is 1. The molecule has 108 valence electrons. The number of carboxylic acids is 1. The minimum atomic E-state index is -1.03. The van der Waals surface area contributed by atoms with Crippen LogP contribution < -0.4 is 5.32 Å². The van der Waals surface area contributed by atoms with Crippen LogP contribution in [0.5, 0.6) is 0 Å². The second-order valence-electron chi connectivity index (χ2n) is 5.33. The van der Waals surface area contributed by atoms with E-state index in [9.17, 15) is 9.59 Å². The van der Waals surface area contributed by atoms with Gasteiger partial charge in [0.2, 0.25) is 5.91 Å². The van der Waals surface area contributed by atoms with Crippen LogP contribution in [0.15, 0.2) is 24.3 Å². The summed E-state index contributed by atoms with van der Waals surface area (Å²) < 4.78 is 0. The van der Waals surface area contributed by atoms with E-state index < -0.39 is 17.4 Å². The SMILES string of the molecule is C[C@@H](NC(=O)C1(c2cccc(Cl)c2)CCCC1)C(=O)O. The molecule has 0 heterocycles. The molecule has 0 unspecified atom stereocenters. The number of nitrogens with one attached hydrogen (secondary N) is 1. The van der Waals surface area contributed by atoms with Gasteiger partial charge in [-0.3, -0.25) is 9.59 Å². The number of carbonyl (C=O) groups excluding carboxylic acids is 1. The Morgan fingerprint density at radius 3 is 2.55 bits per heavy atom. The Labute approximate surface area is 123 Å². The lowest BCUT2D eigenvalue weighted by Gasteiger charge is -2.29. The second-order valence-corrected chi connectivity index (χ2v) is 5.77. The highest BCUT2D eigenvalue weighted by Crippen LogP contribution is 2.42. The fourth-order valence-corrected chi connectivity index (χ4v) is 3.00. The molecule has 1 saturated carbocycles. The van der Waals surface area contributed by atoms with Crippen molar-refractivity contribution in [3.05, 3.63) is 34.9 Å². The molecule has 1 aliphatic carbocycles. The van der Waals surface area contributed by atoms with Crippen LogP contribution in [0.4, 0.5) is 0 Å². The molecule has 0 spiro atoms. The Bertz CT molecular complexity index is 524. The van der Waals surface area contributed by atoms with E-state index >= 15 is 0 Å². The summed E-state index contributed by atoms with van der Waals surface area (Å²) in [5, 5.41) is 12.1. The molecule has 0 aromatic heterocycles. The Morgan fingerprint density at radius 2 is 2.00 bits per heavy atom. The fraction of sp³-hybridized carbons (Fsp3) is 0.467. The van der Waals surface area contributed by atoms with E-state index in [4.69, 9.17) is 16.7 Å². The maximum Gasteiger partial charge on any atom is 0.325 e. The van der Waals surface area contributed by atoms with Crippen molar-refractivity contribution in [2.24, 2.45) is 0 Å². The van der Waals surface area contributed by atoms with Gasteiger partial charge in [-0.15, -0.1) is 0 Å². The molecule has 1 amide bonds. The van der Waals surface area contributed by atoms with Gasteiger partial charge in [0.05, 0.1) is 5.41 Å². The lowest BCUT2D eigenvalue weighted by molar-refractivity contribution is -0.142. The Hall–Kier alpha value is -1.55. The van der Waals surface area contributed by atoms with Crippen molar-refractivity contribution in [1.29, 1.82) is 0 Å². The van der Waals surface area contributed by atoms with Crippen LogP contribution in [0.25, 0.3) is 0 Å². The molecule has 1 fully saturated rings. The van der Waals surface area contributed by atoms with Gasteiger partial charge in [0.25, 0.3) is 0 Å². The molecular formula is C15H18ClNO3. The van der Waals surface area contributed by atoms with Crippen LogP contribution in [-0.4, -0.2) is 23.0 Å². The lowest BCUT2D eigenvalue weighted by Crippen LogP contribution is -2.48. The number of halogens is 1. The average molecular weight is 296 g/mol. The van der Waals surface area contributed by atoms with E-state index in [2.05, 4.69) is 5.32 Å². The first-order valence-electron chi connectivity index (χ1n) is 6.75. The van der Waals surface area contributed by atoms with Gasteiger partial charge in [-0.05, 0) is 37.5 Å². The normalized spacial score (nSPS) is 18.5. The average Bonchev–Trinajstić information content (AvgIpc) is 2.89. The molecule has 0 saturated heterocycles. The zero-order valence-corrected chi connectivity index (χ0v) is 12.1. The summed E-state index contributed by atoms with van der Waals surface area (Å²) in [5.74, 6) is -1.25. The Kier molecular flexibility index (Phi) is 4.33. The van der Waals surface area contributed by atoms with Crippen LogP contribution in [0.3, 0.4) is 0 Å². The van der Waals surface area contributed by atoms with E-state index in [1.54, 1.807) is 12.1 Å². The van der Waals surface area contributed by atoms with Gasteiger partial charge in [-0.25, -0.2) is 0 Å². The minimum absolute atomic E-state index is 0.216. The van der Waals surface area contributed by atoms with Gasteiger partial charge in [-0.1, -0.05) is 36.6 Å². The van der Waals surface area contributed by atoms with Crippen LogP contribution >= 0.6 is 11.6 Å².